The summed E-state index contributed by atoms with van der Waals surface area (Å²) in [6, 6.07) is 22.9. The normalized spacial score (nSPS) is 22.9. The molecule has 0 saturated heterocycles. The number of allylic oxidation sites excluding steroid dienone is 3. The van der Waals surface area contributed by atoms with Crippen LogP contribution in [-0.4, -0.2) is 11.2 Å². The van der Waals surface area contributed by atoms with Crippen LogP contribution in [0.3, 0.4) is 0 Å². The molecule has 3 heteroatoms. The Morgan fingerprint density at radius 3 is 2.43 bits per heavy atom. The van der Waals surface area contributed by atoms with Gasteiger partial charge in [0.15, 0.2) is 0 Å². The molecule has 3 nitrogen and oxygen atoms in total. The average molecular weight is 457 g/mol. The lowest BCUT2D eigenvalue weighted by Crippen LogP contribution is -2.40. The number of nitrogens with zero attached hydrogens (tertiary/aromatic N) is 1. The largest absolute Gasteiger partial charge is 0.326 e. The molecule has 1 aromatic heterocycles. The molecule has 2 aliphatic carbocycles. The summed E-state index contributed by atoms with van der Waals surface area (Å²) in [5, 5.41) is 4.94. The van der Waals surface area contributed by atoms with Gasteiger partial charge >= 0.3 is 0 Å². The van der Waals surface area contributed by atoms with Gasteiger partial charge in [-0.15, -0.1) is 0 Å². The van der Waals surface area contributed by atoms with Crippen molar-refractivity contribution in [3.8, 4) is 0 Å². The molecule has 4 aromatic rings. The number of hydrogen-bond acceptors (Lipinski definition) is 2. The number of fused-ring (bicyclic) bond motifs is 6. The summed E-state index contributed by atoms with van der Waals surface area (Å²) in [6.45, 7) is 4.30. The maximum atomic E-state index is 12.1. The van der Waals surface area contributed by atoms with Gasteiger partial charge < -0.3 is 4.98 Å². The third-order valence-electron chi connectivity index (χ3n) is 7.54. The van der Waals surface area contributed by atoms with Crippen molar-refractivity contribution in [2.75, 3.05) is 0 Å². The fourth-order valence-corrected chi connectivity index (χ4v) is 6.19. The number of rotatable bonds is 3. The predicted octanol–water partition coefficient (Wildman–Crippen LogP) is 7.13. The lowest BCUT2D eigenvalue weighted by molar-refractivity contribution is 0.413. The SMILES string of the molecule is CC=C1[C@H]2C=C(C)C[C@]1(N=CC=Cc1c3ccccc3cc3ccccc13)c1ccc(=O)[nH]c1C2. The summed E-state index contributed by atoms with van der Waals surface area (Å²) in [6.07, 6.45) is 12.4. The van der Waals surface area contributed by atoms with Gasteiger partial charge in [0.25, 0.3) is 0 Å². The van der Waals surface area contributed by atoms with Gasteiger partial charge in [-0.25, -0.2) is 0 Å². The van der Waals surface area contributed by atoms with Crippen LogP contribution < -0.4 is 5.56 Å². The van der Waals surface area contributed by atoms with Gasteiger partial charge in [0, 0.05) is 35.9 Å². The van der Waals surface area contributed by atoms with Crippen LogP contribution in [0.15, 0.2) is 106 Å². The Balaban J connectivity index is 1.47. The molecule has 0 spiro atoms. The Labute approximate surface area is 205 Å². The van der Waals surface area contributed by atoms with Crippen LogP contribution in [-0.2, 0) is 12.0 Å². The van der Waals surface area contributed by atoms with E-state index >= 15 is 0 Å². The Kier molecular flexibility index (Phi) is 5.14. The molecule has 2 atom stereocenters. The van der Waals surface area contributed by atoms with Crippen molar-refractivity contribution < 1.29 is 0 Å². The molecule has 0 unspecified atom stereocenters. The van der Waals surface area contributed by atoms with Crippen molar-refractivity contribution in [2.45, 2.75) is 32.2 Å². The van der Waals surface area contributed by atoms with E-state index in [1.54, 1.807) is 6.07 Å². The number of benzene rings is 3. The van der Waals surface area contributed by atoms with E-state index < -0.39 is 5.54 Å². The van der Waals surface area contributed by atoms with Crippen LogP contribution in [0.1, 0.15) is 37.1 Å². The van der Waals surface area contributed by atoms with Crippen LogP contribution in [0.5, 0.6) is 0 Å². The molecular formula is C32H28N2O. The van der Waals surface area contributed by atoms with Crippen molar-refractivity contribution in [1.29, 1.82) is 0 Å². The van der Waals surface area contributed by atoms with Crippen molar-refractivity contribution in [2.24, 2.45) is 10.9 Å². The zero-order valence-electron chi connectivity index (χ0n) is 20.1. The molecule has 35 heavy (non-hydrogen) atoms. The highest BCUT2D eigenvalue weighted by atomic mass is 16.1. The van der Waals surface area contributed by atoms with E-state index in [9.17, 15) is 4.79 Å². The minimum absolute atomic E-state index is 0.0479. The van der Waals surface area contributed by atoms with E-state index in [0.29, 0.717) is 0 Å². The highest BCUT2D eigenvalue weighted by molar-refractivity contribution is 6.07. The van der Waals surface area contributed by atoms with Gasteiger partial charge in [0.05, 0.1) is 0 Å². The Bertz CT molecular complexity index is 1600. The summed E-state index contributed by atoms with van der Waals surface area (Å²) < 4.78 is 0. The third kappa shape index (κ3) is 3.50. The fraction of sp³-hybridized carbons (Fsp3) is 0.188. The number of aliphatic imine (C=N–C) groups is 1. The first-order valence-corrected chi connectivity index (χ1v) is 12.3. The molecule has 6 rings (SSSR count). The maximum absolute atomic E-state index is 12.1. The number of nitrogens with one attached hydrogen (secondary N) is 1. The zero-order valence-corrected chi connectivity index (χ0v) is 20.1. The Morgan fingerprint density at radius 2 is 1.71 bits per heavy atom. The van der Waals surface area contributed by atoms with E-state index in [0.717, 1.165) is 24.1 Å². The van der Waals surface area contributed by atoms with E-state index in [1.807, 2.05) is 12.3 Å². The second-order valence-electron chi connectivity index (χ2n) is 9.69. The average Bonchev–Trinajstić information content (AvgIpc) is 2.85. The first-order chi connectivity index (χ1) is 17.1. The number of H-pyrrole nitrogens is 1. The van der Waals surface area contributed by atoms with Gasteiger partial charge in [-0.3, -0.25) is 9.79 Å². The van der Waals surface area contributed by atoms with E-state index in [1.165, 1.54) is 38.3 Å². The maximum Gasteiger partial charge on any atom is 0.248 e. The van der Waals surface area contributed by atoms with E-state index in [2.05, 4.69) is 97.7 Å². The first-order valence-electron chi connectivity index (χ1n) is 12.3. The molecule has 1 heterocycles. The second kappa shape index (κ2) is 8.35. The summed E-state index contributed by atoms with van der Waals surface area (Å²) in [7, 11) is 0. The predicted molar refractivity (Wildman–Crippen MR) is 147 cm³/mol. The first kappa shape index (κ1) is 21.5. The molecule has 0 amide bonds. The van der Waals surface area contributed by atoms with Gasteiger partial charge in [0.2, 0.25) is 5.56 Å². The highest BCUT2D eigenvalue weighted by Gasteiger charge is 2.46. The van der Waals surface area contributed by atoms with Crippen LogP contribution in [0.2, 0.25) is 0 Å². The summed E-state index contributed by atoms with van der Waals surface area (Å²) in [5.41, 5.74) is 5.49. The van der Waals surface area contributed by atoms with Crippen molar-refractivity contribution in [3.63, 3.8) is 0 Å². The van der Waals surface area contributed by atoms with E-state index in [4.69, 9.17) is 4.99 Å². The van der Waals surface area contributed by atoms with Gasteiger partial charge in [-0.05, 0) is 71.2 Å². The number of aromatic nitrogens is 1. The molecule has 0 saturated carbocycles. The molecule has 1 N–H and O–H groups in total. The number of aromatic amines is 1. The molecule has 172 valence electrons. The molecule has 0 aliphatic heterocycles. The Hall–Kier alpha value is -3.98. The van der Waals surface area contributed by atoms with Crippen LogP contribution >= 0.6 is 0 Å². The molecule has 0 fully saturated rings. The van der Waals surface area contributed by atoms with Gasteiger partial charge in [0.1, 0.15) is 5.54 Å². The van der Waals surface area contributed by atoms with Crippen LogP contribution in [0.4, 0.5) is 0 Å². The van der Waals surface area contributed by atoms with Gasteiger partial charge in [-0.2, -0.15) is 0 Å². The Morgan fingerprint density at radius 1 is 1.00 bits per heavy atom. The van der Waals surface area contributed by atoms with Crippen molar-refractivity contribution >= 4 is 33.8 Å². The lowest BCUT2D eigenvalue weighted by Gasteiger charge is -2.45. The monoisotopic (exact) mass is 456 g/mol. The minimum atomic E-state index is -0.471. The van der Waals surface area contributed by atoms with Crippen molar-refractivity contribution in [3.05, 3.63) is 123 Å². The fourth-order valence-electron chi connectivity index (χ4n) is 6.19. The van der Waals surface area contributed by atoms with Gasteiger partial charge in [-0.1, -0.05) is 72.3 Å². The van der Waals surface area contributed by atoms with Crippen LogP contribution in [0, 0.1) is 5.92 Å². The van der Waals surface area contributed by atoms with Crippen LogP contribution in [0.25, 0.3) is 27.6 Å². The quantitative estimate of drug-likeness (QED) is 0.199. The highest BCUT2D eigenvalue weighted by Crippen LogP contribution is 2.51. The minimum Gasteiger partial charge on any atom is -0.326 e. The summed E-state index contributed by atoms with van der Waals surface area (Å²) >= 11 is 0. The molecule has 2 bridgehead atoms. The van der Waals surface area contributed by atoms with Crippen molar-refractivity contribution in [1.82, 2.24) is 4.98 Å². The molecule has 3 aromatic carbocycles. The standard InChI is InChI=1S/C32H28N2O/c1-3-28-24-17-21(2)20-32(28,29-14-15-31(35)34-30(29)19-24)33-16-8-13-27-25-11-6-4-9-22(25)18-23-10-5-7-12-26(23)27/h3-18,24H,19-20H2,1-2H3,(H,34,35)/t24-,32+/m0/s1. The molecular weight excluding hydrogens is 428 g/mol. The smallest absolute Gasteiger partial charge is 0.248 e. The van der Waals surface area contributed by atoms with E-state index in [-0.39, 0.29) is 11.5 Å². The topological polar surface area (TPSA) is 45.2 Å². The third-order valence-corrected chi connectivity index (χ3v) is 7.54. The summed E-state index contributed by atoms with van der Waals surface area (Å²) in [5.74, 6) is 0.266. The second-order valence-corrected chi connectivity index (χ2v) is 9.69. The number of pyridine rings is 1. The lowest BCUT2D eigenvalue weighted by atomic mass is 9.63. The number of hydrogen-bond donors (Lipinski definition) is 1. The zero-order chi connectivity index (χ0) is 24.0. The molecule has 0 radical (unpaired) electrons. The summed E-state index contributed by atoms with van der Waals surface area (Å²) in [4.78, 5) is 20.4. The molecule has 2 aliphatic rings.